The number of nitrogens with one attached hydrogen (secondary N) is 1. The number of hydrogen-bond acceptors (Lipinski definition) is 3. The minimum absolute atomic E-state index is 0.0305. The molecule has 1 aliphatic rings. The Kier molecular flexibility index (Phi) is 5.47. The monoisotopic (exact) mass is 372 g/mol. The Hall–Kier alpha value is -2.53. The third kappa shape index (κ3) is 3.83. The van der Waals surface area contributed by atoms with Gasteiger partial charge >= 0.3 is 0 Å². The number of nitrogens with zero attached hydrogens (tertiary/aromatic N) is 1. The van der Waals surface area contributed by atoms with Crippen molar-refractivity contribution in [2.45, 2.75) is 19.8 Å². The number of amides is 2. The lowest BCUT2D eigenvalue weighted by Crippen LogP contribution is -2.27. The first-order valence-electron chi connectivity index (χ1n) is 8.54. The third-order valence-corrected chi connectivity index (χ3v) is 4.90. The number of halogens is 1. The van der Waals surface area contributed by atoms with E-state index < -0.39 is 0 Å². The average Bonchev–Trinajstić information content (AvgIpc) is 3.18. The van der Waals surface area contributed by atoms with E-state index in [1.165, 1.54) is 7.11 Å². The van der Waals surface area contributed by atoms with Crippen LogP contribution in [0.1, 0.15) is 39.1 Å². The summed E-state index contributed by atoms with van der Waals surface area (Å²) in [4.78, 5) is 27.0. The summed E-state index contributed by atoms with van der Waals surface area (Å²) >= 11 is 6.10. The van der Waals surface area contributed by atoms with E-state index in [-0.39, 0.29) is 11.8 Å². The second kappa shape index (κ2) is 7.79. The maximum absolute atomic E-state index is 12.7. The molecular weight excluding hydrogens is 352 g/mol. The van der Waals surface area contributed by atoms with E-state index in [4.69, 9.17) is 16.3 Å². The maximum Gasteiger partial charge on any atom is 0.255 e. The number of methoxy groups -OCH3 is 1. The molecule has 0 bridgehead atoms. The molecule has 0 spiro atoms. The van der Waals surface area contributed by atoms with Crippen molar-refractivity contribution in [2.75, 3.05) is 25.5 Å². The van der Waals surface area contributed by atoms with Crippen LogP contribution in [0.2, 0.25) is 5.02 Å². The number of hydrogen-bond donors (Lipinski definition) is 1. The van der Waals surface area contributed by atoms with Crippen molar-refractivity contribution in [3.63, 3.8) is 0 Å². The molecule has 5 nitrogen and oxygen atoms in total. The molecule has 0 unspecified atom stereocenters. The largest absolute Gasteiger partial charge is 0.495 e. The first kappa shape index (κ1) is 18.3. The highest BCUT2D eigenvalue weighted by Crippen LogP contribution is 2.31. The molecule has 0 atom stereocenters. The maximum atomic E-state index is 12.7. The van der Waals surface area contributed by atoms with Crippen molar-refractivity contribution in [3.8, 4) is 5.75 Å². The topological polar surface area (TPSA) is 58.6 Å². The van der Waals surface area contributed by atoms with E-state index in [1.807, 2.05) is 11.8 Å². The molecule has 1 saturated heterocycles. The van der Waals surface area contributed by atoms with Gasteiger partial charge in [0.05, 0.1) is 12.8 Å². The van der Waals surface area contributed by atoms with Gasteiger partial charge in [-0.3, -0.25) is 9.59 Å². The summed E-state index contributed by atoms with van der Waals surface area (Å²) in [5.74, 6) is 0.149. The van der Waals surface area contributed by atoms with Gasteiger partial charge in [0.2, 0.25) is 0 Å². The van der Waals surface area contributed by atoms with Gasteiger partial charge in [0, 0.05) is 35.3 Å². The smallest absolute Gasteiger partial charge is 0.255 e. The molecule has 1 N–H and O–H groups in total. The van der Waals surface area contributed by atoms with Crippen LogP contribution >= 0.6 is 11.6 Å². The number of anilines is 1. The second-order valence-electron chi connectivity index (χ2n) is 6.34. The van der Waals surface area contributed by atoms with Gasteiger partial charge < -0.3 is 15.0 Å². The van der Waals surface area contributed by atoms with E-state index in [0.717, 1.165) is 31.5 Å². The van der Waals surface area contributed by atoms with Crippen LogP contribution < -0.4 is 10.1 Å². The zero-order valence-electron chi connectivity index (χ0n) is 14.8. The molecule has 1 fully saturated rings. The molecule has 26 heavy (non-hydrogen) atoms. The van der Waals surface area contributed by atoms with Crippen molar-refractivity contribution >= 4 is 29.1 Å². The summed E-state index contributed by atoms with van der Waals surface area (Å²) in [6, 6.07) is 10.2. The van der Waals surface area contributed by atoms with Gasteiger partial charge in [-0.25, -0.2) is 0 Å². The molecule has 3 rings (SSSR count). The van der Waals surface area contributed by atoms with Crippen molar-refractivity contribution in [2.24, 2.45) is 0 Å². The molecule has 136 valence electrons. The molecule has 0 radical (unpaired) electrons. The predicted molar refractivity (Wildman–Crippen MR) is 102 cm³/mol. The van der Waals surface area contributed by atoms with E-state index >= 15 is 0 Å². The lowest BCUT2D eigenvalue weighted by molar-refractivity contribution is 0.0793. The van der Waals surface area contributed by atoms with Gasteiger partial charge in [-0.2, -0.15) is 0 Å². The van der Waals surface area contributed by atoms with Gasteiger partial charge in [0.15, 0.2) is 0 Å². The highest BCUT2D eigenvalue weighted by atomic mass is 35.5. The third-order valence-electron chi connectivity index (χ3n) is 4.49. The molecule has 0 saturated carbocycles. The molecule has 0 aliphatic carbocycles. The number of carbonyl (C=O) groups is 2. The van der Waals surface area contributed by atoms with Gasteiger partial charge in [0.1, 0.15) is 5.75 Å². The van der Waals surface area contributed by atoms with Crippen LogP contribution in [0.5, 0.6) is 5.75 Å². The quantitative estimate of drug-likeness (QED) is 0.877. The van der Waals surface area contributed by atoms with Gasteiger partial charge in [-0.1, -0.05) is 17.7 Å². The lowest BCUT2D eigenvalue weighted by atomic mass is 10.1. The Labute approximate surface area is 157 Å². The summed E-state index contributed by atoms with van der Waals surface area (Å²) in [7, 11) is 1.52. The molecule has 1 heterocycles. The minimum atomic E-state index is -0.305. The number of carbonyl (C=O) groups excluding carboxylic acids is 2. The van der Waals surface area contributed by atoms with Crippen molar-refractivity contribution < 1.29 is 14.3 Å². The number of benzene rings is 2. The molecule has 2 aromatic carbocycles. The highest BCUT2D eigenvalue weighted by Gasteiger charge is 2.20. The fourth-order valence-corrected chi connectivity index (χ4v) is 3.17. The lowest BCUT2D eigenvalue weighted by Gasteiger charge is -2.16. The zero-order valence-corrected chi connectivity index (χ0v) is 15.6. The van der Waals surface area contributed by atoms with Gasteiger partial charge in [-0.15, -0.1) is 0 Å². The number of likely N-dealkylation sites (tertiary alicyclic amines) is 1. The Morgan fingerprint density at radius 2 is 1.81 bits per heavy atom. The Morgan fingerprint density at radius 3 is 2.50 bits per heavy atom. The van der Waals surface area contributed by atoms with Gasteiger partial charge in [-0.05, 0) is 49.6 Å². The van der Waals surface area contributed by atoms with Crippen LogP contribution in [0.3, 0.4) is 0 Å². The minimum Gasteiger partial charge on any atom is -0.495 e. The molecule has 0 aromatic heterocycles. The molecule has 6 heteroatoms. The van der Waals surface area contributed by atoms with Crippen molar-refractivity contribution in [1.29, 1.82) is 0 Å². The first-order chi connectivity index (χ1) is 12.5. The summed E-state index contributed by atoms with van der Waals surface area (Å²) in [6.07, 6.45) is 2.06. The molecule has 2 aromatic rings. The van der Waals surface area contributed by atoms with E-state index in [9.17, 15) is 9.59 Å². The standard InChI is InChI=1S/C20H21ClN2O3/c1-13-10-17(18(26-2)12-16(13)21)22-19(24)14-6-5-7-15(11-14)20(25)23-8-3-4-9-23/h5-7,10-12H,3-4,8-9H2,1-2H3,(H,22,24). The predicted octanol–water partition coefficient (Wildman–Crippen LogP) is 4.15. The van der Waals surface area contributed by atoms with Crippen molar-refractivity contribution in [3.05, 3.63) is 58.1 Å². The van der Waals surface area contributed by atoms with Crippen LogP contribution in [-0.4, -0.2) is 36.9 Å². The Morgan fingerprint density at radius 1 is 1.12 bits per heavy atom. The number of ether oxygens (including phenoxy) is 1. The summed E-state index contributed by atoms with van der Waals surface area (Å²) in [6.45, 7) is 3.40. The van der Waals surface area contributed by atoms with E-state index in [2.05, 4.69) is 5.32 Å². The molecule has 1 aliphatic heterocycles. The van der Waals surface area contributed by atoms with Crippen molar-refractivity contribution in [1.82, 2.24) is 4.90 Å². The Bertz CT molecular complexity index is 845. The van der Waals surface area contributed by atoms with Crippen LogP contribution in [0.25, 0.3) is 0 Å². The number of rotatable bonds is 4. The van der Waals surface area contributed by atoms with E-state index in [0.29, 0.717) is 27.6 Å². The highest BCUT2D eigenvalue weighted by molar-refractivity contribution is 6.31. The van der Waals surface area contributed by atoms with Crippen LogP contribution in [0, 0.1) is 6.92 Å². The average molecular weight is 373 g/mol. The first-order valence-corrected chi connectivity index (χ1v) is 8.92. The van der Waals surface area contributed by atoms with E-state index in [1.54, 1.807) is 36.4 Å². The fraction of sp³-hybridized carbons (Fsp3) is 0.300. The molecule has 2 amide bonds. The summed E-state index contributed by atoms with van der Waals surface area (Å²) in [5, 5.41) is 3.40. The normalized spacial score (nSPS) is 13.6. The molecular formula is C20H21ClN2O3. The summed E-state index contributed by atoms with van der Waals surface area (Å²) in [5.41, 5.74) is 2.32. The number of aryl methyl sites for hydroxylation is 1. The second-order valence-corrected chi connectivity index (χ2v) is 6.74. The fourth-order valence-electron chi connectivity index (χ4n) is 3.02. The zero-order chi connectivity index (χ0) is 18.7. The van der Waals surface area contributed by atoms with Crippen LogP contribution in [0.4, 0.5) is 5.69 Å². The Balaban J connectivity index is 1.81. The SMILES string of the molecule is COc1cc(Cl)c(C)cc1NC(=O)c1cccc(C(=O)N2CCCC2)c1. The van der Waals surface area contributed by atoms with Gasteiger partial charge in [0.25, 0.3) is 11.8 Å². The van der Waals surface area contributed by atoms with Crippen LogP contribution in [-0.2, 0) is 0 Å². The summed E-state index contributed by atoms with van der Waals surface area (Å²) < 4.78 is 5.29. The van der Waals surface area contributed by atoms with Crippen LogP contribution in [0.15, 0.2) is 36.4 Å².